The minimum Gasteiger partial charge on any atom is -0.395 e. The average molecular weight is 540 g/mol. The molecule has 0 atom stereocenters. The van der Waals surface area contributed by atoms with Crippen LogP contribution in [0.2, 0.25) is 0 Å². The molecule has 0 spiro atoms. The average Bonchev–Trinajstić information content (AvgIpc) is 3.15. The Morgan fingerprint density at radius 2 is 1.86 bits per heavy atom. The summed E-state index contributed by atoms with van der Waals surface area (Å²) in [6.45, 7) is 5.57. The maximum absolute atomic E-state index is 13.7. The Kier molecular flexibility index (Phi) is 7.38. The summed E-state index contributed by atoms with van der Waals surface area (Å²) in [5, 5.41) is 9.28. The van der Waals surface area contributed by atoms with Crippen LogP contribution in [0.25, 0.3) is 11.7 Å². The van der Waals surface area contributed by atoms with Crippen LogP contribution < -0.4 is 10.5 Å². The van der Waals surface area contributed by atoms with Gasteiger partial charge in [0.25, 0.3) is 11.5 Å². The summed E-state index contributed by atoms with van der Waals surface area (Å²) in [7, 11) is 0. The van der Waals surface area contributed by atoms with E-state index in [9.17, 15) is 19.1 Å². The minimum absolute atomic E-state index is 0.0970. The number of aliphatic hydroxyl groups excluding tert-OH is 1. The zero-order valence-electron chi connectivity index (χ0n) is 20.3. The lowest BCUT2D eigenvalue weighted by atomic mass is 10.2. The molecule has 1 aromatic carbocycles. The Morgan fingerprint density at radius 3 is 2.57 bits per heavy atom. The van der Waals surface area contributed by atoms with Crippen molar-refractivity contribution in [3.63, 3.8) is 0 Å². The van der Waals surface area contributed by atoms with Gasteiger partial charge in [-0.15, -0.1) is 0 Å². The van der Waals surface area contributed by atoms with Crippen molar-refractivity contribution in [1.29, 1.82) is 0 Å². The summed E-state index contributed by atoms with van der Waals surface area (Å²) in [5.74, 6) is -0.114. The van der Waals surface area contributed by atoms with Gasteiger partial charge in [0.15, 0.2) is 0 Å². The number of benzene rings is 1. The number of β-amino-alcohol motifs (C(OH)–C–C–N with tert-alkyl or cyclic N) is 1. The molecular formula is C26H26FN5O3S2. The molecule has 1 N–H and O–H groups in total. The number of piperazine rings is 1. The van der Waals surface area contributed by atoms with E-state index in [1.54, 1.807) is 30.5 Å². The highest BCUT2D eigenvalue weighted by atomic mass is 32.2. The van der Waals surface area contributed by atoms with Crippen LogP contribution in [-0.2, 0) is 11.3 Å². The van der Waals surface area contributed by atoms with Crippen molar-refractivity contribution in [2.45, 2.75) is 13.5 Å². The van der Waals surface area contributed by atoms with Crippen molar-refractivity contribution in [2.24, 2.45) is 0 Å². The first-order valence-electron chi connectivity index (χ1n) is 12.0. The lowest BCUT2D eigenvalue weighted by molar-refractivity contribution is -0.122. The number of rotatable bonds is 6. The van der Waals surface area contributed by atoms with Crippen LogP contribution in [-0.4, -0.2) is 73.8 Å². The Bertz CT molecular complexity index is 1450. The summed E-state index contributed by atoms with van der Waals surface area (Å²) in [6, 6.07) is 9.63. The first kappa shape index (κ1) is 25.5. The predicted octanol–water partition coefficient (Wildman–Crippen LogP) is 2.66. The molecule has 0 bridgehead atoms. The maximum Gasteiger partial charge on any atom is 0.267 e. The molecule has 11 heteroatoms. The van der Waals surface area contributed by atoms with Crippen molar-refractivity contribution < 1.29 is 14.3 Å². The fraction of sp³-hybridized carbons (Fsp3) is 0.308. The first-order chi connectivity index (χ1) is 17.9. The summed E-state index contributed by atoms with van der Waals surface area (Å²) in [5.41, 5.74) is 2.27. The van der Waals surface area contributed by atoms with Gasteiger partial charge in [-0.05, 0) is 42.3 Å². The molecule has 4 heterocycles. The van der Waals surface area contributed by atoms with E-state index in [1.807, 2.05) is 13.0 Å². The predicted molar refractivity (Wildman–Crippen MR) is 147 cm³/mol. The molecule has 3 aromatic rings. The number of halogens is 1. The number of amides is 1. The summed E-state index contributed by atoms with van der Waals surface area (Å²) >= 11 is 6.62. The first-order valence-corrected chi connectivity index (χ1v) is 13.2. The van der Waals surface area contributed by atoms with Gasteiger partial charge in [-0.25, -0.2) is 9.37 Å². The highest BCUT2D eigenvalue weighted by Crippen LogP contribution is 2.34. The molecule has 2 saturated heterocycles. The standard InChI is InChI=1S/C26H26FN5O3S2/c1-17-3-2-8-31-22(17)28-23(30-11-9-29(10-12-30)13-14-33)20(24(31)34)15-21-25(35)32(26(36)37-21)16-18-4-6-19(27)7-5-18/h2-8,15,33H,9-14,16H2,1H3/b21-15-. The number of aliphatic hydroxyl groups is 1. The Morgan fingerprint density at radius 1 is 1.14 bits per heavy atom. The molecule has 2 aliphatic heterocycles. The number of hydrogen-bond acceptors (Lipinski definition) is 8. The SMILES string of the molecule is Cc1cccn2c(=O)c(/C=C3\SC(=S)N(Cc4ccc(F)cc4)C3=O)c(N3CCN(CCO)CC3)nc12. The van der Waals surface area contributed by atoms with Crippen LogP contribution in [0.15, 0.2) is 52.3 Å². The van der Waals surface area contributed by atoms with Crippen LogP contribution in [0.4, 0.5) is 10.2 Å². The van der Waals surface area contributed by atoms with Crippen molar-refractivity contribution in [1.82, 2.24) is 19.2 Å². The van der Waals surface area contributed by atoms with Gasteiger partial charge in [0.2, 0.25) is 0 Å². The second-order valence-corrected chi connectivity index (χ2v) is 10.7. The molecule has 2 aromatic heterocycles. The lowest BCUT2D eigenvalue weighted by Gasteiger charge is -2.35. The van der Waals surface area contributed by atoms with Crippen LogP contribution in [0.5, 0.6) is 0 Å². The molecule has 37 heavy (non-hydrogen) atoms. The number of nitrogens with zero attached hydrogens (tertiary/aromatic N) is 5. The number of aromatic nitrogens is 2. The summed E-state index contributed by atoms with van der Waals surface area (Å²) < 4.78 is 15.2. The number of anilines is 1. The Labute approximate surface area is 223 Å². The van der Waals surface area contributed by atoms with E-state index in [-0.39, 0.29) is 30.4 Å². The van der Waals surface area contributed by atoms with E-state index < -0.39 is 0 Å². The van der Waals surface area contributed by atoms with Gasteiger partial charge in [0, 0.05) is 38.9 Å². The zero-order valence-corrected chi connectivity index (χ0v) is 21.9. The van der Waals surface area contributed by atoms with Crippen LogP contribution in [0.3, 0.4) is 0 Å². The number of carbonyl (C=O) groups excluding carboxylic acids is 1. The van der Waals surface area contributed by atoms with E-state index in [0.717, 1.165) is 36.0 Å². The second kappa shape index (κ2) is 10.7. The molecule has 1 amide bonds. The van der Waals surface area contributed by atoms with Gasteiger partial charge in [-0.3, -0.25) is 23.8 Å². The number of carbonyl (C=O) groups is 1. The van der Waals surface area contributed by atoms with Gasteiger partial charge >= 0.3 is 0 Å². The number of fused-ring (bicyclic) bond motifs is 1. The van der Waals surface area contributed by atoms with Gasteiger partial charge in [0.05, 0.1) is 23.6 Å². The number of pyridine rings is 1. The molecule has 2 aliphatic rings. The maximum atomic E-state index is 13.7. The molecular weight excluding hydrogens is 513 g/mol. The third-order valence-electron chi connectivity index (χ3n) is 6.56. The quantitative estimate of drug-likeness (QED) is 0.378. The lowest BCUT2D eigenvalue weighted by Crippen LogP contribution is -2.48. The van der Waals surface area contributed by atoms with Gasteiger partial charge in [-0.2, -0.15) is 0 Å². The second-order valence-electron chi connectivity index (χ2n) is 8.99. The van der Waals surface area contributed by atoms with E-state index in [0.29, 0.717) is 45.9 Å². The Hall–Kier alpha value is -3.12. The molecule has 8 nitrogen and oxygen atoms in total. The van der Waals surface area contributed by atoms with E-state index >= 15 is 0 Å². The topological polar surface area (TPSA) is 81.4 Å². The molecule has 192 valence electrons. The van der Waals surface area contributed by atoms with Crippen LogP contribution >= 0.6 is 24.0 Å². The number of hydrogen-bond donors (Lipinski definition) is 1. The summed E-state index contributed by atoms with van der Waals surface area (Å²) in [4.78, 5) is 37.9. The van der Waals surface area contributed by atoms with E-state index in [4.69, 9.17) is 17.2 Å². The van der Waals surface area contributed by atoms with Crippen LogP contribution in [0.1, 0.15) is 16.7 Å². The molecule has 0 unspecified atom stereocenters. The van der Waals surface area contributed by atoms with Crippen molar-refractivity contribution in [3.8, 4) is 0 Å². The summed E-state index contributed by atoms with van der Waals surface area (Å²) in [6.07, 6.45) is 3.28. The van der Waals surface area contributed by atoms with Crippen molar-refractivity contribution >= 4 is 51.7 Å². The smallest absolute Gasteiger partial charge is 0.267 e. The third-order valence-corrected chi connectivity index (χ3v) is 7.93. The highest BCUT2D eigenvalue weighted by Gasteiger charge is 2.33. The molecule has 2 fully saturated rings. The van der Waals surface area contributed by atoms with E-state index in [2.05, 4.69) is 9.80 Å². The molecule has 5 rings (SSSR count). The monoisotopic (exact) mass is 539 g/mol. The molecule has 0 radical (unpaired) electrons. The van der Waals surface area contributed by atoms with Gasteiger partial charge < -0.3 is 10.0 Å². The fourth-order valence-electron chi connectivity index (χ4n) is 4.53. The fourth-order valence-corrected chi connectivity index (χ4v) is 5.77. The van der Waals surface area contributed by atoms with Crippen molar-refractivity contribution in [2.75, 3.05) is 44.2 Å². The third kappa shape index (κ3) is 5.17. The van der Waals surface area contributed by atoms with Crippen molar-refractivity contribution in [3.05, 3.63) is 80.4 Å². The Balaban J connectivity index is 1.52. The normalized spacial score (nSPS) is 18.0. The van der Waals surface area contributed by atoms with Gasteiger partial charge in [0.1, 0.15) is 21.6 Å². The number of aryl methyl sites for hydroxylation is 1. The van der Waals surface area contributed by atoms with Gasteiger partial charge in [-0.1, -0.05) is 42.2 Å². The zero-order chi connectivity index (χ0) is 26.1. The van der Waals surface area contributed by atoms with E-state index in [1.165, 1.54) is 21.4 Å². The molecule has 0 saturated carbocycles. The minimum atomic E-state index is -0.349. The van der Waals surface area contributed by atoms with Crippen LogP contribution in [0, 0.1) is 12.7 Å². The largest absolute Gasteiger partial charge is 0.395 e. The number of thioether (sulfide) groups is 1. The highest BCUT2D eigenvalue weighted by molar-refractivity contribution is 8.26. The number of thiocarbonyl (C=S) groups is 1. The molecule has 0 aliphatic carbocycles.